The molecular weight excluding hydrogens is 334 g/mol. The second-order valence-electron chi connectivity index (χ2n) is 7.91. The van der Waals surface area contributed by atoms with E-state index in [9.17, 15) is 4.79 Å². The van der Waals surface area contributed by atoms with E-state index in [-0.39, 0.29) is 5.56 Å². The summed E-state index contributed by atoms with van der Waals surface area (Å²) >= 11 is 0. The molecule has 1 aliphatic rings. The lowest BCUT2D eigenvalue weighted by atomic mass is 9.90. The van der Waals surface area contributed by atoms with E-state index in [4.69, 9.17) is 4.98 Å². The van der Waals surface area contributed by atoms with Gasteiger partial charge in [-0.25, -0.2) is 4.98 Å². The van der Waals surface area contributed by atoms with Crippen molar-refractivity contribution >= 4 is 11.0 Å². The zero-order chi connectivity index (χ0) is 18.6. The van der Waals surface area contributed by atoms with Gasteiger partial charge in [0, 0.05) is 5.56 Å². The molecule has 4 nitrogen and oxygen atoms in total. The van der Waals surface area contributed by atoms with Crippen LogP contribution in [-0.2, 0) is 12.8 Å². The molecule has 0 unspecified atom stereocenters. The molecule has 4 heteroatoms. The smallest absolute Gasteiger partial charge is 0.273 e. The van der Waals surface area contributed by atoms with Crippen molar-refractivity contribution in [3.63, 3.8) is 0 Å². The third-order valence-corrected chi connectivity index (χ3v) is 5.86. The molecule has 2 aromatic heterocycles. The van der Waals surface area contributed by atoms with E-state index in [1.54, 1.807) is 0 Å². The molecule has 0 saturated carbocycles. The van der Waals surface area contributed by atoms with E-state index in [0.717, 1.165) is 35.9 Å². The maximum absolute atomic E-state index is 12.5. The molecule has 2 N–H and O–H groups in total. The fourth-order valence-electron chi connectivity index (χ4n) is 4.35. The molecule has 3 aromatic rings. The molecule has 0 radical (unpaired) electrons. The Balaban J connectivity index is 1.87. The van der Waals surface area contributed by atoms with Gasteiger partial charge in [-0.2, -0.15) is 0 Å². The summed E-state index contributed by atoms with van der Waals surface area (Å²) in [5.41, 5.74) is 6.62. The first-order valence-corrected chi connectivity index (χ1v) is 10.4. The van der Waals surface area contributed by atoms with Gasteiger partial charge in [-0.1, -0.05) is 68.4 Å². The van der Waals surface area contributed by atoms with Crippen LogP contribution in [0.1, 0.15) is 68.1 Å². The summed E-state index contributed by atoms with van der Waals surface area (Å²) in [6.07, 6.45) is 12.1. The lowest BCUT2D eigenvalue weighted by Crippen LogP contribution is -2.08. The number of aromatic amines is 2. The van der Waals surface area contributed by atoms with Gasteiger partial charge < -0.3 is 0 Å². The fraction of sp³-hybridized carbons (Fsp3) is 0.478. The predicted octanol–water partition coefficient (Wildman–Crippen LogP) is 5.45. The van der Waals surface area contributed by atoms with Gasteiger partial charge in [0.15, 0.2) is 5.65 Å². The number of benzene rings is 1. The Morgan fingerprint density at radius 1 is 0.778 bits per heavy atom. The summed E-state index contributed by atoms with van der Waals surface area (Å²) < 4.78 is 0. The van der Waals surface area contributed by atoms with Gasteiger partial charge in [0.2, 0.25) is 0 Å². The monoisotopic (exact) mass is 363 g/mol. The van der Waals surface area contributed by atoms with Crippen molar-refractivity contribution in [3.8, 4) is 11.3 Å². The van der Waals surface area contributed by atoms with E-state index < -0.39 is 0 Å². The molecule has 0 amide bonds. The van der Waals surface area contributed by atoms with Crippen LogP contribution in [0.25, 0.3) is 22.3 Å². The highest BCUT2D eigenvalue weighted by Gasteiger charge is 2.19. The van der Waals surface area contributed by atoms with Gasteiger partial charge in [0.25, 0.3) is 5.56 Å². The lowest BCUT2D eigenvalue weighted by molar-refractivity contribution is 0.560. The largest absolute Gasteiger partial charge is 0.281 e. The molecule has 1 aliphatic carbocycles. The molecule has 0 spiro atoms. The molecule has 27 heavy (non-hydrogen) atoms. The van der Waals surface area contributed by atoms with Crippen LogP contribution in [0.5, 0.6) is 0 Å². The van der Waals surface area contributed by atoms with Gasteiger partial charge >= 0.3 is 0 Å². The van der Waals surface area contributed by atoms with Crippen molar-refractivity contribution in [3.05, 3.63) is 51.3 Å². The Bertz CT molecular complexity index is 966. The first-order chi connectivity index (χ1) is 13.2. The molecule has 2 heterocycles. The number of nitrogens with one attached hydrogen (secondary N) is 2. The summed E-state index contributed by atoms with van der Waals surface area (Å²) in [5.74, 6) is 0. The van der Waals surface area contributed by atoms with Crippen LogP contribution < -0.4 is 5.56 Å². The maximum Gasteiger partial charge on any atom is 0.273 e. The molecular formula is C23H29N3O. The number of fused-ring (bicyclic) bond motifs is 3. The Kier molecular flexibility index (Phi) is 5.42. The van der Waals surface area contributed by atoms with E-state index in [1.165, 1.54) is 61.6 Å². The van der Waals surface area contributed by atoms with Crippen molar-refractivity contribution in [1.29, 1.82) is 0 Å². The molecule has 0 aliphatic heterocycles. The number of aromatic nitrogens is 3. The third kappa shape index (κ3) is 3.85. The predicted molar refractivity (Wildman–Crippen MR) is 111 cm³/mol. The number of pyridine rings is 1. The van der Waals surface area contributed by atoms with Crippen LogP contribution in [0, 0.1) is 6.92 Å². The molecule has 0 saturated heterocycles. The number of aryl methyl sites for hydroxylation is 2. The summed E-state index contributed by atoms with van der Waals surface area (Å²) in [6, 6.07) is 8.60. The quantitative estimate of drug-likeness (QED) is 0.604. The average Bonchev–Trinajstić information content (AvgIpc) is 3.03. The number of hydrogen-bond donors (Lipinski definition) is 2. The first kappa shape index (κ1) is 18.0. The highest BCUT2D eigenvalue weighted by molar-refractivity contribution is 5.84. The molecule has 1 aromatic carbocycles. The van der Waals surface area contributed by atoms with E-state index in [0.29, 0.717) is 5.65 Å². The Labute approximate surface area is 160 Å². The van der Waals surface area contributed by atoms with E-state index in [1.807, 2.05) is 0 Å². The van der Waals surface area contributed by atoms with Crippen LogP contribution >= 0.6 is 0 Å². The van der Waals surface area contributed by atoms with Crippen LogP contribution in [0.2, 0.25) is 0 Å². The highest BCUT2D eigenvalue weighted by Crippen LogP contribution is 2.31. The topological polar surface area (TPSA) is 61.5 Å². The van der Waals surface area contributed by atoms with Crippen LogP contribution in [0.3, 0.4) is 0 Å². The first-order valence-electron chi connectivity index (χ1n) is 10.4. The molecule has 0 bridgehead atoms. The summed E-state index contributed by atoms with van der Waals surface area (Å²) in [4.78, 5) is 17.4. The summed E-state index contributed by atoms with van der Waals surface area (Å²) in [6.45, 7) is 2.11. The van der Waals surface area contributed by atoms with Gasteiger partial charge in [-0.05, 0) is 43.7 Å². The minimum absolute atomic E-state index is 0.0312. The van der Waals surface area contributed by atoms with Crippen LogP contribution in [0.4, 0.5) is 0 Å². The van der Waals surface area contributed by atoms with E-state index >= 15 is 0 Å². The molecule has 4 rings (SSSR count). The van der Waals surface area contributed by atoms with Gasteiger partial charge in [-0.15, -0.1) is 0 Å². The maximum atomic E-state index is 12.5. The molecule has 142 valence electrons. The zero-order valence-corrected chi connectivity index (χ0v) is 16.2. The standard InChI is InChI=1S/C23H29N3O/c1-16-12-14-17(15-13-16)21-19-11-9-7-5-3-2-4-6-8-10-18(19)20-22(24-21)25-26-23(20)27/h12-15H,2-11H2,1H3,(H2,24,25,26,27). The number of hydrogen-bond acceptors (Lipinski definition) is 2. The SMILES string of the molecule is Cc1ccc(-c2nc3[nH][nH]c(=O)c3c3c2CCCCCCCCCC3)cc1. The zero-order valence-electron chi connectivity index (χ0n) is 16.2. The minimum Gasteiger partial charge on any atom is -0.281 e. The van der Waals surface area contributed by atoms with Crippen molar-refractivity contribution in [1.82, 2.24) is 15.2 Å². The number of rotatable bonds is 1. The fourth-order valence-corrected chi connectivity index (χ4v) is 4.35. The van der Waals surface area contributed by atoms with Gasteiger partial charge in [0.1, 0.15) is 0 Å². The van der Waals surface area contributed by atoms with Crippen molar-refractivity contribution in [2.75, 3.05) is 0 Å². The minimum atomic E-state index is -0.0312. The van der Waals surface area contributed by atoms with Crippen LogP contribution in [-0.4, -0.2) is 15.2 Å². The summed E-state index contributed by atoms with van der Waals surface area (Å²) in [7, 11) is 0. The van der Waals surface area contributed by atoms with Crippen molar-refractivity contribution < 1.29 is 0 Å². The van der Waals surface area contributed by atoms with Crippen LogP contribution in [0.15, 0.2) is 29.1 Å². The Hall–Kier alpha value is -2.36. The average molecular weight is 364 g/mol. The lowest BCUT2D eigenvalue weighted by Gasteiger charge is -2.16. The van der Waals surface area contributed by atoms with E-state index in [2.05, 4.69) is 41.4 Å². The van der Waals surface area contributed by atoms with Gasteiger partial charge in [-0.3, -0.25) is 15.0 Å². The molecule has 0 atom stereocenters. The Morgan fingerprint density at radius 2 is 1.37 bits per heavy atom. The third-order valence-electron chi connectivity index (χ3n) is 5.86. The number of H-pyrrole nitrogens is 2. The Morgan fingerprint density at radius 3 is 2.04 bits per heavy atom. The summed E-state index contributed by atoms with van der Waals surface area (Å²) in [5, 5.41) is 6.53. The second kappa shape index (κ2) is 8.12. The number of nitrogens with zero attached hydrogens (tertiary/aromatic N) is 1. The molecule has 0 fully saturated rings. The van der Waals surface area contributed by atoms with Gasteiger partial charge in [0.05, 0.1) is 11.1 Å². The van der Waals surface area contributed by atoms with Crippen molar-refractivity contribution in [2.24, 2.45) is 0 Å². The van der Waals surface area contributed by atoms with Crippen molar-refractivity contribution in [2.45, 2.75) is 71.1 Å². The second-order valence-corrected chi connectivity index (χ2v) is 7.91. The normalized spacial score (nSPS) is 16.5. The highest BCUT2D eigenvalue weighted by atomic mass is 16.1.